The summed E-state index contributed by atoms with van der Waals surface area (Å²) in [5.41, 5.74) is 0.400. The largest absolute Gasteiger partial charge is 0.481 e. The highest BCUT2D eigenvalue weighted by Gasteiger charge is 2.18. The van der Waals surface area contributed by atoms with Gasteiger partial charge in [-0.3, -0.25) is 4.79 Å². The molecule has 1 aromatic heterocycles. The van der Waals surface area contributed by atoms with Gasteiger partial charge in [0.1, 0.15) is 5.15 Å². The van der Waals surface area contributed by atoms with E-state index in [0.29, 0.717) is 5.56 Å². The molecule has 1 aromatic rings. The fraction of sp³-hybridized carbons (Fsp3) is 0.400. The molecule has 0 radical (unpaired) electrons. The predicted octanol–water partition coefficient (Wildman–Crippen LogP) is 1.34. The van der Waals surface area contributed by atoms with Crippen LogP contribution in [0.25, 0.3) is 0 Å². The quantitative estimate of drug-likeness (QED) is 0.640. The Balaban J connectivity index is 2.90. The molecule has 0 amide bonds. The Kier molecular flexibility index (Phi) is 4.52. The van der Waals surface area contributed by atoms with Crippen LogP contribution in [0.2, 0.25) is 5.15 Å². The fourth-order valence-corrected chi connectivity index (χ4v) is 1.34. The van der Waals surface area contributed by atoms with Gasteiger partial charge in [0.2, 0.25) is 5.88 Å². The van der Waals surface area contributed by atoms with E-state index in [1.807, 2.05) is 0 Å². The third-order valence-corrected chi connectivity index (χ3v) is 2.21. The molecule has 6 heteroatoms. The highest BCUT2D eigenvalue weighted by Crippen LogP contribution is 2.27. The summed E-state index contributed by atoms with van der Waals surface area (Å²) < 4.78 is 9.41. The molecule has 0 fully saturated rings. The van der Waals surface area contributed by atoms with Gasteiger partial charge in [-0.15, -0.1) is 0 Å². The third-order valence-electron chi connectivity index (χ3n) is 2.00. The summed E-state index contributed by atoms with van der Waals surface area (Å²) in [6.07, 6.45) is -1.18. The Morgan fingerprint density at radius 1 is 1.56 bits per heavy atom. The van der Waals surface area contributed by atoms with Gasteiger partial charge in [0.25, 0.3) is 0 Å². The van der Waals surface area contributed by atoms with E-state index in [4.69, 9.17) is 16.3 Å². The molecule has 0 aliphatic carbocycles. The lowest BCUT2D eigenvalue weighted by molar-refractivity contribution is -0.142. The highest BCUT2D eigenvalue weighted by molar-refractivity contribution is 6.29. The summed E-state index contributed by atoms with van der Waals surface area (Å²) in [5, 5.41) is 10.0. The van der Waals surface area contributed by atoms with Gasteiger partial charge in [-0.1, -0.05) is 11.6 Å². The Hall–Kier alpha value is -1.33. The molecule has 88 valence electrons. The summed E-state index contributed by atoms with van der Waals surface area (Å²) >= 11 is 5.67. The molecule has 1 unspecified atom stereocenters. The summed E-state index contributed by atoms with van der Waals surface area (Å²) in [7, 11) is 2.67. The van der Waals surface area contributed by atoms with Crippen LogP contribution in [-0.4, -0.2) is 30.3 Å². The monoisotopic (exact) mass is 245 g/mol. The number of hydrogen-bond acceptors (Lipinski definition) is 5. The van der Waals surface area contributed by atoms with Crippen LogP contribution >= 0.6 is 11.6 Å². The zero-order valence-corrected chi connectivity index (χ0v) is 9.69. The minimum absolute atomic E-state index is 0.157. The van der Waals surface area contributed by atoms with Gasteiger partial charge in [0.15, 0.2) is 0 Å². The Labute approximate surface area is 98.0 Å². The van der Waals surface area contributed by atoms with Crippen LogP contribution in [0.3, 0.4) is 0 Å². The molecular formula is C10H12ClNO4. The maximum absolute atomic E-state index is 11.0. The van der Waals surface area contributed by atoms with Crippen LogP contribution in [0, 0.1) is 0 Å². The maximum Gasteiger partial charge on any atom is 0.308 e. The van der Waals surface area contributed by atoms with Crippen LogP contribution in [0.15, 0.2) is 12.1 Å². The van der Waals surface area contributed by atoms with Crippen molar-refractivity contribution in [1.82, 2.24) is 4.98 Å². The molecule has 0 saturated carbocycles. The van der Waals surface area contributed by atoms with Crippen molar-refractivity contribution in [1.29, 1.82) is 0 Å². The molecule has 0 spiro atoms. The molecule has 1 rings (SSSR count). The van der Waals surface area contributed by atoms with Crippen LogP contribution in [-0.2, 0) is 9.53 Å². The SMILES string of the molecule is COC(=O)CC(O)c1ccc(Cl)nc1OC. The second-order valence-electron chi connectivity index (χ2n) is 3.03. The first kappa shape index (κ1) is 12.7. The molecule has 0 saturated heterocycles. The van der Waals surface area contributed by atoms with Crippen molar-refractivity contribution in [3.05, 3.63) is 22.8 Å². The number of aliphatic hydroxyl groups is 1. The average Bonchev–Trinajstić information content (AvgIpc) is 2.28. The van der Waals surface area contributed by atoms with Crippen LogP contribution in [0.5, 0.6) is 5.88 Å². The number of methoxy groups -OCH3 is 2. The van der Waals surface area contributed by atoms with Gasteiger partial charge >= 0.3 is 5.97 Å². The number of carbonyl (C=O) groups excluding carboxylic acids is 1. The number of halogens is 1. The van der Waals surface area contributed by atoms with E-state index in [2.05, 4.69) is 9.72 Å². The minimum Gasteiger partial charge on any atom is -0.481 e. The smallest absolute Gasteiger partial charge is 0.308 e. The second-order valence-corrected chi connectivity index (χ2v) is 3.42. The second kappa shape index (κ2) is 5.67. The van der Waals surface area contributed by atoms with Gasteiger partial charge in [-0.2, -0.15) is 0 Å². The van der Waals surface area contributed by atoms with Gasteiger partial charge < -0.3 is 14.6 Å². The van der Waals surface area contributed by atoms with Gasteiger partial charge in [-0.05, 0) is 12.1 Å². The lowest BCUT2D eigenvalue weighted by Crippen LogP contribution is -2.09. The summed E-state index contributed by atoms with van der Waals surface area (Å²) in [4.78, 5) is 14.9. The first-order valence-corrected chi connectivity index (χ1v) is 4.91. The maximum atomic E-state index is 11.0. The van der Waals surface area contributed by atoms with Crippen molar-refractivity contribution >= 4 is 17.6 Å². The first-order valence-electron chi connectivity index (χ1n) is 4.53. The normalized spacial score (nSPS) is 12.0. The van der Waals surface area contributed by atoms with E-state index >= 15 is 0 Å². The van der Waals surface area contributed by atoms with Crippen molar-refractivity contribution in [2.75, 3.05) is 14.2 Å². The molecule has 5 nitrogen and oxygen atoms in total. The van der Waals surface area contributed by atoms with E-state index in [-0.39, 0.29) is 17.5 Å². The van der Waals surface area contributed by atoms with Crippen molar-refractivity contribution in [2.45, 2.75) is 12.5 Å². The number of pyridine rings is 1. The molecular weight excluding hydrogens is 234 g/mol. The van der Waals surface area contributed by atoms with Crippen molar-refractivity contribution < 1.29 is 19.4 Å². The number of nitrogens with zero attached hydrogens (tertiary/aromatic N) is 1. The van der Waals surface area contributed by atoms with Crippen LogP contribution in [0.1, 0.15) is 18.1 Å². The molecule has 1 heterocycles. The number of hydrogen-bond donors (Lipinski definition) is 1. The van der Waals surface area contributed by atoms with E-state index in [1.165, 1.54) is 20.3 Å². The minimum atomic E-state index is -1.02. The first-order chi connectivity index (χ1) is 7.58. The number of aromatic nitrogens is 1. The Morgan fingerprint density at radius 3 is 2.81 bits per heavy atom. The van der Waals surface area contributed by atoms with Crippen molar-refractivity contribution in [2.24, 2.45) is 0 Å². The van der Waals surface area contributed by atoms with Crippen LogP contribution < -0.4 is 4.74 Å². The topological polar surface area (TPSA) is 68.7 Å². The lowest BCUT2D eigenvalue weighted by Gasteiger charge is -2.12. The zero-order chi connectivity index (χ0) is 12.1. The Morgan fingerprint density at radius 2 is 2.25 bits per heavy atom. The molecule has 0 aromatic carbocycles. The summed E-state index contributed by atoms with van der Waals surface area (Å²) in [5.74, 6) is -0.312. The number of ether oxygens (including phenoxy) is 2. The number of aliphatic hydroxyl groups excluding tert-OH is 1. The molecule has 16 heavy (non-hydrogen) atoms. The van der Waals surface area contributed by atoms with Gasteiger partial charge in [-0.25, -0.2) is 4.98 Å². The number of esters is 1. The standard InChI is InChI=1S/C10H12ClNO4/c1-15-9(14)5-7(13)6-3-4-8(11)12-10(6)16-2/h3-4,7,13H,5H2,1-2H3. The highest BCUT2D eigenvalue weighted by atomic mass is 35.5. The van der Waals surface area contributed by atoms with E-state index in [1.54, 1.807) is 6.07 Å². The van der Waals surface area contributed by atoms with E-state index < -0.39 is 12.1 Å². The lowest BCUT2D eigenvalue weighted by atomic mass is 10.1. The molecule has 1 N–H and O–H groups in total. The van der Waals surface area contributed by atoms with Crippen LogP contribution in [0.4, 0.5) is 0 Å². The van der Waals surface area contributed by atoms with Gasteiger partial charge in [0, 0.05) is 5.56 Å². The van der Waals surface area contributed by atoms with Crippen molar-refractivity contribution in [3.63, 3.8) is 0 Å². The van der Waals surface area contributed by atoms with E-state index in [9.17, 15) is 9.90 Å². The van der Waals surface area contributed by atoms with Gasteiger partial charge in [0.05, 0.1) is 26.7 Å². The molecule has 0 aliphatic heterocycles. The number of carbonyl (C=O) groups is 1. The number of rotatable bonds is 4. The third kappa shape index (κ3) is 3.08. The predicted molar refractivity (Wildman–Crippen MR) is 57.4 cm³/mol. The fourth-order valence-electron chi connectivity index (χ4n) is 1.20. The molecule has 1 atom stereocenters. The molecule has 0 bridgehead atoms. The summed E-state index contributed by atoms with van der Waals surface area (Å²) in [6.45, 7) is 0. The van der Waals surface area contributed by atoms with Crippen molar-refractivity contribution in [3.8, 4) is 5.88 Å². The zero-order valence-electron chi connectivity index (χ0n) is 8.94. The Bertz CT molecular complexity index is 383. The van der Waals surface area contributed by atoms with E-state index in [0.717, 1.165) is 0 Å². The average molecular weight is 246 g/mol. The molecule has 0 aliphatic rings. The summed E-state index contributed by atoms with van der Waals surface area (Å²) in [6, 6.07) is 3.07.